The van der Waals surface area contributed by atoms with Gasteiger partial charge in [0.15, 0.2) is 0 Å². The number of carbonyl (C=O) groups is 1. The van der Waals surface area contributed by atoms with E-state index in [9.17, 15) is 9.90 Å². The number of nitrogens with one attached hydrogen (secondary N) is 1. The molecule has 1 aromatic rings. The molecule has 2 unspecified atom stereocenters. The fraction of sp³-hybridized carbons (Fsp3) is 0.533. The Morgan fingerprint density at radius 1 is 1.42 bits per heavy atom. The summed E-state index contributed by atoms with van der Waals surface area (Å²) < 4.78 is 0. The predicted octanol–water partition coefficient (Wildman–Crippen LogP) is 2.58. The SMILES string of the molecule is CSCc1cccc(C(=O)NC2CCCCC2O)c1. The Balaban J connectivity index is 2.00. The van der Waals surface area contributed by atoms with Crippen molar-refractivity contribution in [2.24, 2.45) is 0 Å². The van der Waals surface area contributed by atoms with E-state index in [1.165, 1.54) is 0 Å². The summed E-state index contributed by atoms with van der Waals surface area (Å²) in [5.74, 6) is 0.835. The zero-order valence-electron chi connectivity index (χ0n) is 11.3. The van der Waals surface area contributed by atoms with Crippen molar-refractivity contribution in [1.29, 1.82) is 0 Å². The Bertz CT molecular complexity index is 436. The number of amides is 1. The molecule has 2 N–H and O–H groups in total. The molecule has 1 amide bonds. The Morgan fingerprint density at radius 2 is 2.21 bits per heavy atom. The first-order chi connectivity index (χ1) is 9.20. The van der Waals surface area contributed by atoms with Gasteiger partial charge in [0.1, 0.15) is 0 Å². The minimum Gasteiger partial charge on any atom is -0.391 e. The van der Waals surface area contributed by atoms with Crippen LogP contribution in [0.4, 0.5) is 0 Å². The van der Waals surface area contributed by atoms with Crippen LogP contribution in [0, 0.1) is 0 Å². The van der Waals surface area contributed by atoms with Crippen LogP contribution < -0.4 is 5.32 Å². The first-order valence-corrected chi connectivity index (χ1v) is 8.17. The van der Waals surface area contributed by atoms with Gasteiger partial charge < -0.3 is 10.4 Å². The molecule has 1 aliphatic rings. The van der Waals surface area contributed by atoms with Gasteiger partial charge in [0.05, 0.1) is 12.1 Å². The third kappa shape index (κ3) is 3.98. The second-order valence-electron chi connectivity index (χ2n) is 5.07. The van der Waals surface area contributed by atoms with Crippen molar-refractivity contribution < 1.29 is 9.90 Å². The third-order valence-electron chi connectivity index (χ3n) is 3.55. The lowest BCUT2D eigenvalue weighted by atomic mass is 9.92. The topological polar surface area (TPSA) is 49.3 Å². The molecule has 1 fully saturated rings. The van der Waals surface area contributed by atoms with Crippen LogP contribution >= 0.6 is 11.8 Å². The maximum absolute atomic E-state index is 12.2. The van der Waals surface area contributed by atoms with Gasteiger partial charge in [0.25, 0.3) is 5.91 Å². The number of rotatable bonds is 4. The molecule has 0 spiro atoms. The highest BCUT2D eigenvalue weighted by molar-refractivity contribution is 7.97. The van der Waals surface area contributed by atoms with E-state index in [0.717, 1.165) is 37.0 Å². The highest BCUT2D eigenvalue weighted by Gasteiger charge is 2.24. The molecule has 0 aromatic heterocycles. The number of hydrogen-bond donors (Lipinski definition) is 2. The molecule has 1 aliphatic carbocycles. The van der Waals surface area contributed by atoms with Crippen LogP contribution in [0.25, 0.3) is 0 Å². The Kier molecular flexibility index (Phi) is 5.28. The van der Waals surface area contributed by atoms with Gasteiger partial charge in [0.2, 0.25) is 0 Å². The van der Waals surface area contributed by atoms with Gasteiger partial charge in [-0.05, 0) is 36.8 Å². The van der Waals surface area contributed by atoms with Gasteiger partial charge in [-0.3, -0.25) is 4.79 Å². The standard InChI is InChI=1S/C15H21NO2S/c1-19-10-11-5-4-6-12(9-11)15(18)16-13-7-2-3-8-14(13)17/h4-6,9,13-14,17H,2-3,7-8,10H2,1H3,(H,16,18). The second-order valence-corrected chi connectivity index (χ2v) is 5.93. The molecular weight excluding hydrogens is 258 g/mol. The van der Waals surface area contributed by atoms with Crippen LogP contribution in [0.3, 0.4) is 0 Å². The van der Waals surface area contributed by atoms with Gasteiger partial charge in [-0.15, -0.1) is 0 Å². The van der Waals surface area contributed by atoms with Crippen molar-refractivity contribution in [2.75, 3.05) is 6.26 Å². The van der Waals surface area contributed by atoms with Crippen LogP contribution in [-0.4, -0.2) is 29.4 Å². The van der Waals surface area contributed by atoms with E-state index in [1.54, 1.807) is 11.8 Å². The molecule has 0 bridgehead atoms. The molecule has 0 heterocycles. The first-order valence-electron chi connectivity index (χ1n) is 6.77. The maximum Gasteiger partial charge on any atom is 0.251 e. The van der Waals surface area contributed by atoms with Gasteiger partial charge in [-0.25, -0.2) is 0 Å². The van der Waals surface area contributed by atoms with Crippen molar-refractivity contribution in [3.05, 3.63) is 35.4 Å². The normalized spacial score (nSPS) is 23.1. The Hall–Kier alpha value is -1.00. The molecule has 0 aliphatic heterocycles. The van der Waals surface area contributed by atoms with E-state index in [2.05, 4.69) is 5.32 Å². The highest BCUT2D eigenvalue weighted by Crippen LogP contribution is 2.19. The number of hydrogen-bond acceptors (Lipinski definition) is 3. The van der Waals surface area contributed by atoms with Gasteiger partial charge in [-0.1, -0.05) is 25.0 Å². The molecule has 4 heteroatoms. The molecule has 3 nitrogen and oxygen atoms in total. The molecule has 19 heavy (non-hydrogen) atoms. The molecule has 0 radical (unpaired) electrons. The molecule has 104 valence electrons. The lowest BCUT2D eigenvalue weighted by Gasteiger charge is -2.28. The summed E-state index contributed by atoms with van der Waals surface area (Å²) >= 11 is 1.74. The summed E-state index contributed by atoms with van der Waals surface area (Å²) in [6.45, 7) is 0. The predicted molar refractivity (Wildman–Crippen MR) is 79.4 cm³/mol. The van der Waals surface area contributed by atoms with Crippen LogP contribution in [0.2, 0.25) is 0 Å². The number of thioether (sulfide) groups is 1. The van der Waals surface area contributed by atoms with E-state index < -0.39 is 6.10 Å². The number of benzene rings is 1. The monoisotopic (exact) mass is 279 g/mol. The largest absolute Gasteiger partial charge is 0.391 e. The van der Waals surface area contributed by atoms with Crippen molar-refractivity contribution >= 4 is 17.7 Å². The van der Waals surface area contributed by atoms with E-state index in [1.807, 2.05) is 30.5 Å². The van der Waals surface area contributed by atoms with Crippen molar-refractivity contribution in [3.63, 3.8) is 0 Å². The Morgan fingerprint density at radius 3 is 2.95 bits per heavy atom. The van der Waals surface area contributed by atoms with E-state index in [0.29, 0.717) is 5.56 Å². The smallest absolute Gasteiger partial charge is 0.251 e. The van der Waals surface area contributed by atoms with Crippen LogP contribution in [-0.2, 0) is 5.75 Å². The molecule has 2 atom stereocenters. The molecular formula is C15H21NO2S. The second kappa shape index (κ2) is 6.96. The van der Waals surface area contributed by atoms with E-state index >= 15 is 0 Å². The fourth-order valence-corrected chi connectivity index (χ4v) is 3.01. The summed E-state index contributed by atoms with van der Waals surface area (Å²) in [6, 6.07) is 7.61. The molecule has 0 saturated heterocycles. The zero-order valence-corrected chi connectivity index (χ0v) is 12.1. The summed E-state index contributed by atoms with van der Waals surface area (Å²) in [7, 11) is 0. The average Bonchev–Trinajstić information content (AvgIpc) is 2.42. The fourth-order valence-electron chi connectivity index (χ4n) is 2.50. The maximum atomic E-state index is 12.2. The molecule has 2 rings (SSSR count). The molecule has 1 aromatic carbocycles. The summed E-state index contributed by atoms with van der Waals surface area (Å²) in [4.78, 5) is 12.2. The van der Waals surface area contributed by atoms with Gasteiger partial charge in [0, 0.05) is 11.3 Å². The highest BCUT2D eigenvalue weighted by atomic mass is 32.2. The first kappa shape index (κ1) is 14.4. The summed E-state index contributed by atoms with van der Waals surface area (Å²) in [5.41, 5.74) is 1.84. The van der Waals surface area contributed by atoms with E-state index in [4.69, 9.17) is 0 Å². The van der Waals surface area contributed by atoms with Crippen LogP contribution in [0.15, 0.2) is 24.3 Å². The minimum atomic E-state index is -0.396. The minimum absolute atomic E-state index is 0.0751. The lowest BCUT2D eigenvalue weighted by molar-refractivity contribution is 0.0717. The van der Waals surface area contributed by atoms with Crippen molar-refractivity contribution in [1.82, 2.24) is 5.32 Å². The lowest BCUT2D eigenvalue weighted by Crippen LogP contribution is -2.45. The zero-order chi connectivity index (χ0) is 13.7. The van der Waals surface area contributed by atoms with Crippen molar-refractivity contribution in [2.45, 2.75) is 43.6 Å². The van der Waals surface area contributed by atoms with Crippen LogP contribution in [0.1, 0.15) is 41.6 Å². The average molecular weight is 279 g/mol. The van der Waals surface area contributed by atoms with E-state index in [-0.39, 0.29) is 11.9 Å². The quantitative estimate of drug-likeness (QED) is 0.890. The van der Waals surface area contributed by atoms with Crippen LogP contribution in [0.5, 0.6) is 0 Å². The van der Waals surface area contributed by atoms with Gasteiger partial charge >= 0.3 is 0 Å². The third-order valence-corrected chi connectivity index (χ3v) is 4.17. The number of aliphatic hydroxyl groups excluding tert-OH is 1. The number of carbonyl (C=O) groups excluding carboxylic acids is 1. The summed E-state index contributed by atoms with van der Waals surface area (Å²) in [5, 5.41) is 12.8. The molecule has 1 saturated carbocycles. The number of aliphatic hydroxyl groups is 1. The van der Waals surface area contributed by atoms with Gasteiger partial charge in [-0.2, -0.15) is 11.8 Å². The Labute approximate surface area is 118 Å². The summed E-state index contributed by atoms with van der Waals surface area (Å²) in [6.07, 6.45) is 5.44. The van der Waals surface area contributed by atoms with Crippen molar-refractivity contribution in [3.8, 4) is 0 Å².